The number of phenols is 1. The minimum Gasteiger partial charge on any atom is -0.508 e. The lowest BCUT2D eigenvalue weighted by molar-refractivity contribution is -0.117. The Hall–Kier alpha value is -2.63. The van der Waals surface area contributed by atoms with E-state index in [1.165, 1.54) is 0 Å². The molecule has 0 aliphatic rings. The van der Waals surface area contributed by atoms with Gasteiger partial charge in [-0.05, 0) is 48.4 Å². The number of ether oxygens (including phenoxy) is 1. The van der Waals surface area contributed by atoms with Gasteiger partial charge in [0.05, 0.1) is 0 Å². The fraction of sp³-hybridized carbons (Fsp3) is 0.133. The predicted molar refractivity (Wildman–Crippen MR) is 81.4 cm³/mol. The molecule has 1 atom stereocenters. The molecule has 2 rings (SSSR count). The average Bonchev–Trinajstić information content (AvgIpc) is 2.50. The van der Waals surface area contributed by atoms with Crippen LogP contribution in [0.25, 0.3) is 0 Å². The number of nitroso groups, excluding NO2 is 1. The number of nitrogens with zero attached hydrogens (tertiary/aromatic N) is 1. The van der Waals surface area contributed by atoms with Crippen LogP contribution in [0.3, 0.4) is 0 Å². The van der Waals surface area contributed by atoms with E-state index in [0.717, 1.165) is 5.56 Å². The quantitative estimate of drug-likeness (QED) is 0.675. The van der Waals surface area contributed by atoms with Gasteiger partial charge >= 0.3 is 0 Å². The number of rotatable bonds is 5. The fourth-order valence-electron chi connectivity index (χ4n) is 1.87. The van der Waals surface area contributed by atoms with E-state index in [0.29, 0.717) is 17.9 Å². The molecule has 0 radical (unpaired) electrons. The standard InChI is InChI=1S/C15H14BNO4/c16-14(15(19)17-20)9-10-1-5-12(6-2-10)21-13-7-3-11(18)4-8-13/h1-8,14,18H,9,16H2. The molecule has 0 bridgehead atoms. The lowest BCUT2D eigenvalue weighted by Gasteiger charge is -2.08. The number of phenolic OH excluding ortho intramolecular Hbond substituents is 1. The van der Waals surface area contributed by atoms with E-state index in [4.69, 9.17) is 4.74 Å². The van der Waals surface area contributed by atoms with E-state index in [1.807, 2.05) is 12.1 Å². The summed E-state index contributed by atoms with van der Waals surface area (Å²) >= 11 is 0. The monoisotopic (exact) mass is 283 g/mol. The van der Waals surface area contributed by atoms with Crippen LogP contribution in [0.5, 0.6) is 17.2 Å². The lowest BCUT2D eigenvalue weighted by atomic mass is 9.81. The van der Waals surface area contributed by atoms with Crippen molar-refractivity contribution in [1.29, 1.82) is 0 Å². The van der Waals surface area contributed by atoms with Crippen molar-refractivity contribution in [2.24, 2.45) is 5.18 Å². The van der Waals surface area contributed by atoms with E-state index in [-0.39, 0.29) is 5.75 Å². The Morgan fingerprint density at radius 1 is 1.10 bits per heavy atom. The second-order valence-corrected chi connectivity index (χ2v) is 4.77. The summed E-state index contributed by atoms with van der Waals surface area (Å²) in [6.07, 6.45) is 0.462. The molecule has 106 valence electrons. The SMILES string of the molecule is BC(Cc1ccc(Oc2ccc(O)cc2)cc1)C(=O)N=O. The van der Waals surface area contributed by atoms with Crippen molar-refractivity contribution >= 4 is 13.8 Å². The maximum absolute atomic E-state index is 11.1. The zero-order valence-electron chi connectivity index (χ0n) is 11.5. The van der Waals surface area contributed by atoms with Gasteiger partial charge in [0.25, 0.3) is 5.91 Å². The highest BCUT2D eigenvalue weighted by molar-refractivity contribution is 6.24. The Kier molecular flexibility index (Phi) is 4.71. The third-order valence-corrected chi connectivity index (χ3v) is 3.05. The normalized spacial score (nSPS) is 11.6. The van der Waals surface area contributed by atoms with E-state index < -0.39 is 11.7 Å². The number of hydrogen-bond acceptors (Lipinski definition) is 4. The Balaban J connectivity index is 2.00. The smallest absolute Gasteiger partial charge is 0.281 e. The first kappa shape index (κ1) is 14.8. The first-order valence-corrected chi connectivity index (χ1v) is 6.51. The lowest BCUT2D eigenvalue weighted by Crippen LogP contribution is -2.08. The predicted octanol–water partition coefficient (Wildman–Crippen LogP) is 2.44. The molecule has 1 unspecified atom stereocenters. The molecule has 0 saturated carbocycles. The van der Waals surface area contributed by atoms with Gasteiger partial charge in [-0.3, -0.25) is 4.79 Å². The number of hydrogen-bond donors (Lipinski definition) is 1. The molecule has 2 aromatic rings. The molecule has 0 saturated heterocycles. The van der Waals surface area contributed by atoms with Crippen molar-refractivity contribution in [3.63, 3.8) is 0 Å². The summed E-state index contributed by atoms with van der Waals surface area (Å²) in [5.41, 5.74) is 0.928. The van der Waals surface area contributed by atoms with Crippen molar-refractivity contribution in [2.45, 2.75) is 12.2 Å². The van der Waals surface area contributed by atoms with Crippen molar-refractivity contribution in [1.82, 2.24) is 0 Å². The van der Waals surface area contributed by atoms with Gasteiger partial charge in [0.2, 0.25) is 0 Å². The Labute approximate surface area is 122 Å². The Bertz CT molecular complexity index is 625. The van der Waals surface area contributed by atoms with Crippen LogP contribution in [0.2, 0.25) is 5.82 Å². The first-order chi connectivity index (χ1) is 10.1. The highest BCUT2D eigenvalue weighted by Crippen LogP contribution is 2.24. The molecule has 6 heteroatoms. The highest BCUT2D eigenvalue weighted by atomic mass is 16.5. The van der Waals surface area contributed by atoms with Gasteiger partial charge in [0.1, 0.15) is 25.1 Å². The molecular formula is C15H14BNO4. The third-order valence-electron chi connectivity index (χ3n) is 3.05. The number of carbonyl (C=O) groups excluding carboxylic acids is 1. The molecular weight excluding hydrogens is 269 g/mol. The average molecular weight is 283 g/mol. The molecule has 0 aromatic heterocycles. The minimum absolute atomic E-state index is 0.181. The summed E-state index contributed by atoms with van der Waals surface area (Å²) in [6.45, 7) is 0. The first-order valence-electron chi connectivity index (χ1n) is 6.51. The van der Waals surface area contributed by atoms with Crippen LogP contribution in [0.15, 0.2) is 53.7 Å². The molecule has 0 spiro atoms. The fourth-order valence-corrected chi connectivity index (χ4v) is 1.87. The van der Waals surface area contributed by atoms with Crippen molar-refractivity contribution in [2.75, 3.05) is 0 Å². The summed E-state index contributed by atoms with van der Waals surface area (Å²) in [4.78, 5) is 21.3. The topological polar surface area (TPSA) is 76.0 Å². The second-order valence-electron chi connectivity index (χ2n) is 4.77. The maximum Gasteiger partial charge on any atom is 0.281 e. The van der Waals surface area contributed by atoms with Gasteiger partial charge in [0, 0.05) is 11.0 Å². The zero-order valence-corrected chi connectivity index (χ0v) is 11.5. The van der Waals surface area contributed by atoms with Crippen LogP contribution in [0.1, 0.15) is 5.56 Å². The van der Waals surface area contributed by atoms with Crippen LogP contribution in [-0.4, -0.2) is 18.9 Å². The molecule has 2 aromatic carbocycles. The zero-order chi connectivity index (χ0) is 15.2. The van der Waals surface area contributed by atoms with Crippen molar-refractivity contribution < 1.29 is 14.6 Å². The van der Waals surface area contributed by atoms with Gasteiger partial charge in [-0.1, -0.05) is 12.1 Å². The maximum atomic E-state index is 11.1. The van der Waals surface area contributed by atoms with Gasteiger partial charge in [-0.2, -0.15) is 0 Å². The summed E-state index contributed by atoms with van der Waals surface area (Å²) in [7, 11) is 1.67. The van der Waals surface area contributed by atoms with Crippen LogP contribution in [0, 0.1) is 4.91 Å². The largest absolute Gasteiger partial charge is 0.508 e. The van der Waals surface area contributed by atoms with Crippen LogP contribution < -0.4 is 4.74 Å². The van der Waals surface area contributed by atoms with E-state index in [2.05, 4.69) is 5.18 Å². The van der Waals surface area contributed by atoms with E-state index in [9.17, 15) is 14.8 Å². The number of benzene rings is 2. The molecule has 0 fully saturated rings. The molecule has 1 N–H and O–H groups in total. The summed E-state index contributed by atoms with van der Waals surface area (Å²) < 4.78 is 5.62. The number of amides is 1. The summed E-state index contributed by atoms with van der Waals surface area (Å²) in [5, 5.41) is 11.6. The van der Waals surface area contributed by atoms with Gasteiger partial charge in [0.15, 0.2) is 0 Å². The van der Waals surface area contributed by atoms with Crippen LogP contribution in [0.4, 0.5) is 0 Å². The van der Waals surface area contributed by atoms with E-state index in [1.54, 1.807) is 44.2 Å². The van der Waals surface area contributed by atoms with E-state index >= 15 is 0 Å². The molecule has 5 nitrogen and oxygen atoms in total. The molecule has 0 aliphatic heterocycles. The van der Waals surface area contributed by atoms with Crippen molar-refractivity contribution in [3.05, 3.63) is 59.0 Å². The van der Waals surface area contributed by atoms with Crippen LogP contribution >= 0.6 is 0 Å². The number of carbonyl (C=O) groups is 1. The summed E-state index contributed by atoms with van der Waals surface area (Å²) in [6, 6.07) is 13.7. The molecule has 0 aliphatic carbocycles. The van der Waals surface area contributed by atoms with Gasteiger partial charge in [-0.25, -0.2) is 0 Å². The summed E-state index contributed by atoms with van der Waals surface area (Å²) in [5.74, 6) is 0.386. The van der Waals surface area contributed by atoms with Crippen LogP contribution in [-0.2, 0) is 11.2 Å². The third kappa shape index (κ3) is 4.17. The minimum atomic E-state index is -0.639. The Morgan fingerprint density at radius 3 is 2.14 bits per heavy atom. The number of aromatic hydroxyl groups is 1. The van der Waals surface area contributed by atoms with Gasteiger partial charge in [-0.15, -0.1) is 4.91 Å². The molecule has 1 amide bonds. The Morgan fingerprint density at radius 2 is 1.62 bits per heavy atom. The molecule has 21 heavy (non-hydrogen) atoms. The highest BCUT2D eigenvalue weighted by Gasteiger charge is 2.13. The molecule has 0 heterocycles. The van der Waals surface area contributed by atoms with Gasteiger partial charge < -0.3 is 9.84 Å². The second kappa shape index (κ2) is 6.70. The van der Waals surface area contributed by atoms with Crippen molar-refractivity contribution in [3.8, 4) is 17.2 Å².